The summed E-state index contributed by atoms with van der Waals surface area (Å²) in [5, 5.41) is 10.9. The molecular weight excluding hydrogens is 854 g/mol. The van der Waals surface area contributed by atoms with Gasteiger partial charge >= 0.3 is 56.9 Å². The summed E-state index contributed by atoms with van der Waals surface area (Å²) < 4.78 is 6.68. The van der Waals surface area contributed by atoms with E-state index in [-0.39, 0.29) is 24.8 Å². The van der Waals surface area contributed by atoms with Crippen molar-refractivity contribution in [2.24, 2.45) is 0 Å². The Kier molecular flexibility index (Phi) is 23.4. The molecule has 8 aromatic rings. The van der Waals surface area contributed by atoms with Crippen molar-refractivity contribution >= 4 is 51.5 Å². The summed E-state index contributed by atoms with van der Waals surface area (Å²) in [5.74, 6) is 2.55. The predicted molar refractivity (Wildman–Crippen MR) is 229 cm³/mol. The minimum atomic E-state index is 0. The summed E-state index contributed by atoms with van der Waals surface area (Å²) in [7, 11) is 0. The molecule has 0 amide bonds. The van der Waals surface area contributed by atoms with Crippen molar-refractivity contribution < 1.29 is 73.3 Å². The Labute approximate surface area is 368 Å². The molecule has 0 spiro atoms. The standard InChI is InChI=1S/4C12H13.2CH2.2ClH.2Zr/c4*1-9(2)12-7-10-5-3-4-6-11(10)8-12;;;;;;/h4*3-9H,1-2H3;2*1H2;2*1H;;/q4*-1;;;;;2*+2/p-2. The molecule has 0 N–H and O–H groups in total. The van der Waals surface area contributed by atoms with Crippen molar-refractivity contribution in [3.63, 3.8) is 0 Å². The normalized spacial score (nSPS) is 10.2. The maximum Gasteiger partial charge on any atom is -1.00 e. The van der Waals surface area contributed by atoms with Crippen molar-refractivity contribution in [3.8, 4) is 0 Å². The van der Waals surface area contributed by atoms with Gasteiger partial charge in [-0.05, 0) is 23.7 Å². The molecule has 0 saturated carbocycles. The van der Waals surface area contributed by atoms with Crippen LogP contribution in [0, 0.1) is 0 Å². The number of hydrogen-bond acceptors (Lipinski definition) is 0. The van der Waals surface area contributed by atoms with Gasteiger partial charge in [0.1, 0.15) is 0 Å². The smallest absolute Gasteiger partial charge is 1.00 e. The molecule has 0 nitrogen and oxygen atoms in total. The Morgan fingerprint density at radius 1 is 0.333 bits per heavy atom. The quantitative estimate of drug-likeness (QED) is 0.155. The van der Waals surface area contributed by atoms with Gasteiger partial charge in [-0.1, -0.05) is 79.7 Å². The first-order valence-corrected chi connectivity index (χ1v) is 21.9. The predicted octanol–water partition coefficient (Wildman–Crippen LogP) is 8.67. The van der Waals surface area contributed by atoms with Crippen LogP contribution in [0.25, 0.3) is 43.1 Å². The molecule has 0 aromatic heterocycles. The van der Waals surface area contributed by atoms with Gasteiger partial charge in [0.15, 0.2) is 0 Å². The van der Waals surface area contributed by atoms with Crippen LogP contribution in [0.1, 0.15) is 101 Å². The first kappa shape index (κ1) is 49.4. The molecule has 0 radical (unpaired) electrons. The Hall–Kier alpha value is -2.59. The summed E-state index contributed by atoms with van der Waals surface area (Å²) in [6.07, 6.45) is 0. The molecule has 0 fully saturated rings. The molecule has 4 heteroatoms. The number of benzene rings is 4. The molecule has 0 unspecified atom stereocenters. The third-order valence-electron chi connectivity index (χ3n) is 9.23. The van der Waals surface area contributed by atoms with Crippen LogP contribution in [0.2, 0.25) is 0 Å². The van der Waals surface area contributed by atoms with E-state index in [1.807, 2.05) is 0 Å². The van der Waals surface area contributed by atoms with Crippen molar-refractivity contribution in [2.75, 3.05) is 0 Å². The van der Waals surface area contributed by atoms with E-state index >= 15 is 0 Å². The number of rotatable bonds is 4. The fourth-order valence-corrected chi connectivity index (χ4v) is 6.03. The van der Waals surface area contributed by atoms with Crippen LogP contribution >= 0.6 is 0 Å². The summed E-state index contributed by atoms with van der Waals surface area (Å²) in [6.45, 7) is 17.8. The van der Waals surface area contributed by atoms with Crippen molar-refractivity contribution in [1.29, 1.82) is 0 Å². The molecule has 0 heterocycles. The number of halogens is 2. The Morgan fingerprint density at radius 2 is 0.500 bits per heavy atom. The van der Waals surface area contributed by atoms with Gasteiger partial charge in [0.05, 0.1) is 0 Å². The third-order valence-corrected chi connectivity index (χ3v) is 9.23. The molecule has 0 aliphatic rings. The van der Waals surface area contributed by atoms with Crippen LogP contribution in [0.5, 0.6) is 0 Å². The van der Waals surface area contributed by atoms with Gasteiger partial charge < -0.3 is 24.8 Å². The van der Waals surface area contributed by atoms with Gasteiger partial charge in [0.25, 0.3) is 0 Å². The second kappa shape index (κ2) is 25.5. The third kappa shape index (κ3) is 14.5. The van der Waals surface area contributed by atoms with Gasteiger partial charge in [-0.3, -0.25) is 0 Å². The first-order valence-electron chi connectivity index (χ1n) is 18.4. The monoisotopic (exact) mass is 906 g/mol. The van der Waals surface area contributed by atoms with E-state index < -0.39 is 0 Å². The number of hydrogen-bond donors (Lipinski definition) is 0. The maximum absolute atomic E-state index is 3.34. The Bertz CT molecular complexity index is 1760. The zero-order chi connectivity index (χ0) is 38.2. The van der Waals surface area contributed by atoms with Gasteiger partial charge in [-0.25, -0.2) is 0 Å². The van der Waals surface area contributed by atoms with E-state index in [1.54, 1.807) is 0 Å². The fraction of sp³-hybridized carbons (Fsp3) is 0.240. The van der Waals surface area contributed by atoms with E-state index in [0.29, 0.717) is 23.7 Å². The van der Waals surface area contributed by atoms with E-state index in [4.69, 9.17) is 0 Å². The molecule has 0 atom stereocenters. The van der Waals surface area contributed by atoms with Gasteiger partial charge in [0.2, 0.25) is 0 Å². The van der Waals surface area contributed by atoms with Gasteiger partial charge in [0, 0.05) is 0 Å². The summed E-state index contributed by atoms with van der Waals surface area (Å²) in [5.41, 5.74) is 5.76. The minimum absolute atomic E-state index is 0. The molecule has 280 valence electrons. The van der Waals surface area contributed by atoms with E-state index in [9.17, 15) is 0 Å². The fourth-order valence-electron chi connectivity index (χ4n) is 6.03. The number of fused-ring (bicyclic) bond motifs is 4. The minimum Gasteiger partial charge on any atom is -1.00 e. The second-order valence-electron chi connectivity index (χ2n) is 14.3. The zero-order valence-corrected chi connectivity index (χ0v) is 39.8. The van der Waals surface area contributed by atoms with Crippen LogP contribution in [-0.2, 0) is 48.5 Å². The Balaban J connectivity index is 0.000000345. The molecule has 0 aliphatic carbocycles. The van der Waals surface area contributed by atoms with E-state index in [1.165, 1.54) is 114 Å². The van der Waals surface area contributed by atoms with Gasteiger partial charge in [-0.2, -0.15) is 24.3 Å². The van der Waals surface area contributed by atoms with Crippen molar-refractivity contribution in [1.82, 2.24) is 0 Å². The second-order valence-corrected chi connectivity index (χ2v) is 14.3. The maximum atomic E-state index is 3.34. The zero-order valence-electron chi connectivity index (χ0n) is 33.3. The average Bonchev–Trinajstić information content (AvgIpc) is 3.97. The molecule has 8 aromatic carbocycles. The molecule has 8 rings (SSSR count). The van der Waals surface area contributed by atoms with Gasteiger partial charge in [-0.15, -0.1) is 162 Å². The summed E-state index contributed by atoms with van der Waals surface area (Å²) in [4.78, 5) is 0. The molecule has 0 bridgehead atoms. The van der Waals surface area contributed by atoms with Crippen LogP contribution in [0.3, 0.4) is 0 Å². The molecule has 0 saturated heterocycles. The topological polar surface area (TPSA) is 0 Å². The SMILES string of the molecule is CC(C)c1cc2ccccc2[cH-]1.CC(C)c1cc2ccccc2[cH-]1.CC(C)c1cc2ccccc2[cH-]1.CC(C)c1cc2ccccc2[cH-]1.[CH2]=[Zr+2].[CH2]=[Zr+2].[Cl-].[Cl-]. The first-order chi connectivity index (χ1) is 25.1. The van der Waals surface area contributed by atoms with Crippen molar-refractivity contribution in [2.45, 2.75) is 79.1 Å². The van der Waals surface area contributed by atoms with Crippen molar-refractivity contribution in [3.05, 3.63) is 168 Å². The van der Waals surface area contributed by atoms with Crippen LogP contribution in [-0.4, -0.2) is 8.42 Å². The summed E-state index contributed by atoms with van der Waals surface area (Å²) in [6, 6.07) is 52.3. The Morgan fingerprint density at radius 3 is 0.648 bits per heavy atom. The average molecular weight is 910 g/mol. The summed E-state index contributed by atoms with van der Waals surface area (Å²) >= 11 is 2.60. The van der Waals surface area contributed by atoms with E-state index in [0.717, 1.165) is 0 Å². The molecular formula is C50H56Cl2Zr2-2. The van der Waals surface area contributed by atoms with Crippen LogP contribution in [0.4, 0.5) is 0 Å². The largest absolute Gasteiger partial charge is 1.00 e. The molecule has 54 heavy (non-hydrogen) atoms. The van der Waals surface area contributed by atoms with Crippen LogP contribution < -0.4 is 24.8 Å². The molecule has 0 aliphatic heterocycles. The van der Waals surface area contributed by atoms with E-state index in [2.05, 4.69) is 209 Å². The van der Waals surface area contributed by atoms with Crippen LogP contribution in [0.15, 0.2) is 146 Å².